The molecule has 0 spiro atoms. The minimum Gasteiger partial charge on any atom is -0.339 e. The Balaban J connectivity index is 1.75. The number of hydrogen-bond donors (Lipinski definition) is 0. The summed E-state index contributed by atoms with van der Waals surface area (Å²) in [6.07, 6.45) is 2.55. The summed E-state index contributed by atoms with van der Waals surface area (Å²) in [6, 6.07) is 16.5. The van der Waals surface area contributed by atoms with Crippen LogP contribution in [0.2, 0.25) is 0 Å². The van der Waals surface area contributed by atoms with Gasteiger partial charge in [-0.15, -0.1) is 0 Å². The highest BCUT2D eigenvalue weighted by Gasteiger charge is 2.28. The molecule has 0 aromatic heterocycles. The molecule has 0 N–H and O–H groups in total. The lowest BCUT2D eigenvalue weighted by Gasteiger charge is -2.22. The summed E-state index contributed by atoms with van der Waals surface area (Å²) in [5.74, 6) is -0.132. The summed E-state index contributed by atoms with van der Waals surface area (Å²) < 4.78 is 27.0. The molecule has 1 amide bonds. The van der Waals surface area contributed by atoms with Crippen molar-refractivity contribution in [1.29, 1.82) is 0 Å². The van der Waals surface area contributed by atoms with E-state index < -0.39 is 10.0 Å². The molecular formula is C21H26N2O3S. The number of carbonyl (C=O) groups is 1. The number of carbonyl (C=O) groups excluding carboxylic acids is 1. The quantitative estimate of drug-likeness (QED) is 0.734. The molecule has 1 saturated heterocycles. The molecule has 1 fully saturated rings. The molecule has 2 aromatic carbocycles. The minimum absolute atomic E-state index is 0.132. The predicted octanol–water partition coefficient (Wildman–Crippen LogP) is 3.18. The average Bonchev–Trinajstić information content (AvgIpc) is 3.25. The first kappa shape index (κ1) is 19.6. The smallest absolute Gasteiger partial charge is 0.253 e. The van der Waals surface area contributed by atoms with E-state index >= 15 is 0 Å². The maximum absolute atomic E-state index is 12.9. The second kappa shape index (κ2) is 8.67. The van der Waals surface area contributed by atoms with E-state index in [1.165, 1.54) is 15.9 Å². The highest BCUT2D eigenvalue weighted by Crippen LogP contribution is 2.22. The molecule has 1 aliphatic heterocycles. The number of benzene rings is 2. The minimum atomic E-state index is -3.52. The summed E-state index contributed by atoms with van der Waals surface area (Å²) in [6.45, 7) is 4.22. The van der Waals surface area contributed by atoms with Crippen LogP contribution < -0.4 is 0 Å². The molecule has 6 heteroatoms. The molecule has 144 valence electrons. The van der Waals surface area contributed by atoms with Gasteiger partial charge in [0, 0.05) is 31.7 Å². The van der Waals surface area contributed by atoms with Crippen molar-refractivity contribution in [3.8, 4) is 0 Å². The maximum atomic E-state index is 12.9. The molecule has 5 nitrogen and oxygen atoms in total. The van der Waals surface area contributed by atoms with E-state index in [1.54, 1.807) is 23.1 Å². The lowest BCUT2D eigenvalue weighted by Crippen LogP contribution is -2.33. The Labute approximate surface area is 161 Å². The summed E-state index contributed by atoms with van der Waals surface area (Å²) in [4.78, 5) is 14.9. The molecule has 0 aliphatic carbocycles. The van der Waals surface area contributed by atoms with Gasteiger partial charge in [-0.05, 0) is 49.9 Å². The predicted molar refractivity (Wildman–Crippen MR) is 106 cm³/mol. The van der Waals surface area contributed by atoms with Gasteiger partial charge in [0.2, 0.25) is 10.0 Å². The van der Waals surface area contributed by atoms with E-state index in [9.17, 15) is 13.2 Å². The van der Waals surface area contributed by atoms with Gasteiger partial charge in [0.1, 0.15) is 0 Å². The zero-order valence-corrected chi connectivity index (χ0v) is 16.5. The fourth-order valence-electron chi connectivity index (χ4n) is 3.36. The highest BCUT2D eigenvalue weighted by atomic mass is 32.2. The van der Waals surface area contributed by atoms with Crippen LogP contribution in [0.25, 0.3) is 0 Å². The third kappa shape index (κ3) is 4.57. The van der Waals surface area contributed by atoms with Crippen molar-refractivity contribution in [2.75, 3.05) is 26.2 Å². The third-order valence-electron chi connectivity index (χ3n) is 4.97. The van der Waals surface area contributed by atoms with Crippen LogP contribution in [0.4, 0.5) is 0 Å². The lowest BCUT2D eigenvalue weighted by molar-refractivity contribution is 0.0766. The lowest BCUT2D eigenvalue weighted by atomic mass is 10.1. The van der Waals surface area contributed by atoms with Gasteiger partial charge in [-0.1, -0.05) is 36.4 Å². The Kier molecular flexibility index (Phi) is 6.29. The van der Waals surface area contributed by atoms with E-state index in [0.29, 0.717) is 31.7 Å². The number of rotatable bonds is 7. The van der Waals surface area contributed by atoms with Crippen molar-refractivity contribution >= 4 is 15.9 Å². The summed E-state index contributed by atoms with van der Waals surface area (Å²) in [7, 11) is -3.52. The van der Waals surface area contributed by atoms with Crippen molar-refractivity contribution in [3.05, 3.63) is 65.7 Å². The largest absolute Gasteiger partial charge is 0.339 e. The van der Waals surface area contributed by atoms with Crippen molar-refractivity contribution in [3.63, 3.8) is 0 Å². The first-order chi connectivity index (χ1) is 13.0. The molecule has 0 bridgehead atoms. The van der Waals surface area contributed by atoms with Crippen molar-refractivity contribution < 1.29 is 13.2 Å². The number of likely N-dealkylation sites (N-methyl/N-ethyl adjacent to an activating group) is 1. The zero-order chi connectivity index (χ0) is 19.3. The van der Waals surface area contributed by atoms with Gasteiger partial charge in [-0.2, -0.15) is 4.31 Å². The highest BCUT2D eigenvalue weighted by molar-refractivity contribution is 7.89. The SMILES string of the molecule is CCN(CCc1ccccc1)C(=O)c1cccc(S(=O)(=O)N2CCCC2)c1. The van der Waals surface area contributed by atoms with Gasteiger partial charge >= 0.3 is 0 Å². The van der Waals surface area contributed by atoms with Crippen LogP contribution in [0.15, 0.2) is 59.5 Å². The van der Waals surface area contributed by atoms with Crippen LogP contribution >= 0.6 is 0 Å². The van der Waals surface area contributed by atoms with Gasteiger partial charge in [-0.25, -0.2) is 8.42 Å². The van der Waals surface area contributed by atoms with Gasteiger partial charge in [0.05, 0.1) is 4.90 Å². The van der Waals surface area contributed by atoms with Crippen molar-refractivity contribution in [1.82, 2.24) is 9.21 Å². The Morgan fingerprint density at radius 3 is 2.41 bits per heavy atom. The summed E-state index contributed by atoms with van der Waals surface area (Å²) >= 11 is 0. The van der Waals surface area contributed by atoms with E-state index in [4.69, 9.17) is 0 Å². The summed E-state index contributed by atoms with van der Waals surface area (Å²) in [5, 5.41) is 0. The maximum Gasteiger partial charge on any atom is 0.253 e. The molecule has 1 heterocycles. The molecule has 3 rings (SSSR count). The zero-order valence-electron chi connectivity index (χ0n) is 15.7. The Morgan fingerprint density at radius 2 is 1.74 bits per heavy atom. The molecule has 0 atom stereocenters. The monoisotopic (exact) mass is 386 g/mol. The molecule has 2 aromatic rings. The third-order valence-corrected chi connectivity index (χ3v) is 6.86. The van der Waals surface area contributed by atoms with Crippen LogP contribution in [0.3, 0.4) is 0 Å². The second-order valence-corrected chi connectivity index (χ2v) is 8.70. The number of sulfonamides is 1. The molecule has 0 radical (unpaired) electrons. The van der Waals surface area contributed by atoms with Gasteiger partial charge in [-0.3, -0.25) is 4.79 Å². The van der Waals surface area contributed by atoms with Crippen LogP contribution in [0.1, 0.15) is 35.7 Å². The van der Waals surface area contributed by atoms with Crippen LogP contribution in [-0.4, -0.2) is 49.7 Å². The Morgan fingerprint density at radius 1 is 1.04 bits per heavy atom. The van der Waals surface area contributed by atoms with E-state index in [-0.39, 0.29) is 10.8 Å². The van der Waals surface area contributed by atoms with Gasteiger partial charge < -0.3 is 4.90 Å². The first-order valence-electron chi connectivity index (χ1n) is 9.46. The second-order valence-electron chi connectivity index (χ2n) is 6.76. The number of amides is 1. The molecule has 0 saturated carbocycles. The van der Waals surface area contributed by atoms with Crippen LogP contribution in [-0.2, 0) is 16.4 Å². The molecule has 1 aliphatic rings. The fraction of sp³-hybridized carbons (Fsp3) is 0.381. The van der Waals surface area contributed by atoms with E-state index in [0.717, 1.165) is 19.3 Å². The van der Waals surface area contributed by atoms with Crippen LogP contribution in [0.5, 0.6) is 0 Å². The standard InChI is InChI=1S/C21H26N2O3S/c1-2-22(16-13-18-9-4-3-5-10-18)21(24)19-11-8-12-20(17-19)27(25,26)23-14-6-7-15-23/h3-5,8-12,17H,2,6-7,13-16H2,1H3. The molecule has 0 unspecified atom stereocenters. The fourth-order valence-corrected chi connectivity index (χ4v) is 4.93. The topological polar surface area (TPSA) is 57.7 Å². The normalized spacial score (nSPS) is 15.0. The number of hydrogen-bond acceptors (Lipinski definition) is 3. The number of nitrogens with zero attached hydrogens (tertiary/aromatic N) is 2. The Hall–Kier alpha value is -2.18. The molecule has 27 heavy (non-hydrogen) atoms. The average molecular weight is 387 g/mol. The van der Waals surface area contributed by atoms with Gasteiger partial charge in [0.15, 0.2) is 0 Å². The van der Waals surface area contributed by atoms with Gasteiger partial charge in [0.25, 0.3) is 5.91 Å². The van der Waals surface area contributed by atoms with E-state index in [2.05, 4.69) is 0 Å². The van der Waals surface area contributed by atoms with Crippen molar-refractivity contribution in [2.45, 2.75) is 31.1 Å². The first-order valence-corrected chi connectivity index (χ1v) is 10.9. The Bertz CT molecular complexity index is 875. The summed E-state index contributed by atoms with van der Waals surface area (Å²) in [5.41, 5.74) is 1.60. The van der Waals surface area contributed by atoms with Crippen LogP contribution in [0, 0.1) is 0 Å². The van der Waals surface area contributed by atoms with Crippen molar-refractivity contribution in [2.24, 2.45) is 0 Å². The van der Waals surface area contributed by atoms with E-state index in [1.807, 2.05) is 37.3 Å². The molecular weight excluding hydrogens is 360 g/mol.